The quantitative estimate of drug-likeness (QED) is 0.621. The van der Waals surface area contributed by atoms with Crippen LogP contribution in [-0.4, -0.2) is 9.97 Å². The topological polar surface area (TPSA) is 28.7 Å². The van der Waals surface area contributed by atoms with Gasteiger partial charge in [-0.1, -0.05) is 65.8 Å². The zero-order chi connectivity index (χ0) is 13.4. The summed E-state index contributed by atoms with van der Waals surface area (Å²) < 4.78 is 0.581. The van der Waals surface area contributed by atoms with Crippen LogP contribution >= 0.6 is 35.4 Å². The Bertz CT molecular complexity index is 813. The molecule has 0 amide bonds. The fourth-order valence-electron chi connectivity index (χ4n) is 1.87. The lowest BCUT2D eigenvalue weighted by atomic mass is 10.1. The number of aromatic amines is 1. The van der Waals surface area contributed by atoms with Gasteiger partial charge >= 0.3 is 0 Å². The molecule has 0 aliphatic carbocycles. The Morgan fingerprint density at radius 3 is 2.42 bits per heavy atom. The van der Waals surface area contributed by atoms with Crippen LogP contribution in [0.25, 0.3) is 22.3 Å². The molecule has 19 heavy (non-hydrogen) atoms. The summed E-state index contributed by atoms with van der Waals surface area (Å²) in [5.74, 6) is 0. The van der Waals surface area contributed by atoms with Crippen LogP contribution in [0, 0.1) is 4.64 Å². The fraction of sp³-hybridized carbons (Fsp3) is 0. The Labute approximate surface area is 125 Å². The Balaban J connectivity index is 2.31. The maximum absolute atomic E-state index is 6.01. The van der Waals surface area contributed by atoms with Crippen LogP contribution < -0.4 is 0 Å². The number of fused-ring (bicyclic) bond motifs is 1. The molecule has 0 aliphatic rings. The predicted molar refractivity (Wildman–Crippen MR) is 82.4 cm³/mol. The molecule has 0 radical (unpaired) electrons. The minimum absolute atomic E-state index is 0.478. The van der Waals surface area contributed by atoms with E-state index in [2.05, 4.69) is 9.97 Å². The Morgan fingerprint density at radius 1 is 1.00 bits per heavy atom. The Morgan fingerprint density at radius 2 is 1.68 bits per heavy atom. The molecule has 94 valence electrons. The summed E-state index contributed by atoms with van der Waals surface area (Å²) in [4.78, 5) is 7.70. The molecule has 0 aliphatic heterocycles. The van der Waals surface area contributed by atoms with Gasteiger partial charge in [0.15, 0.2) is 0 Å². The number of hydrogen-bond donors (Lipinski definition) is 1. The van der Waals surface area contributed by atoms with E-state index >= 15 is 0 Å². The second-order valence-corrected chi connectivity index (χ2v) is 5.29. The molecule has 1 heterocycles. The normalized spacial score (nSPS) is 10.8. The highest BCUT2D eigenvalue weighted by Gasteiger charge is 2.07. The highest BCUT2D eigenvalue weighted by molar-refractivity contribution is 7.71. The Kier molecular flexibility index (Phi) is 3.27. The van der Waals surface area contributed by atoms with Crippen molar-refractivity contribution in [3.63, 3.8) is 0 Å². The zero-order valence-electron chi connectivity index (χ0n) is 9.65. The average Bonchev–Trinajstić information content (AvgIpc) is 2.41. The van der Waals surface area contributed by atoms with E-state index in [1.54, 1.807) is 12.1 Å². The lowest BCUT2D eigenvalue weighted by molar-refractivity contribution is 1.27. The van der Waals surface area contributed by atoms with Crippen LogP contribution in [0.2, 0.25) is 10.0 Å². The summed E-state index contributed by atoms with van der Waals surface area (Å²) in [7, 11) is 0. The van der Waals surface area contributed by atoms with Gasteiger partial charge in [-0.2, -0.15) is 0 Å². The summed E-state index contributed by atoms with van der Waals surface area (Å²) in [6, 6.07) is 13.3. The third-order valence-electron chi connectivity index (χ3n) is 2.78. The van der Waals surface area contributed by atoms with Crippen molar-refractivity contribution in [3.05, 3.63) is 57.2 Å². The first kappa shape index (κ1) is 12.6. The number of nitrogens with zero attached hydrogens (tertiary/aromatic N) is 1. The van der Waals surface area contributed by atoms with Crippen LogP contribution in [-0.2, 0) is 0 Å². The highest BCUT2D eigenvalue weighted by atomic mass is 35.5. The van der Waals surface area contributed by atoms with Crippen molar-refractivity contribution < 1.29 is 0 Å². The van der Waals surface area contributed by atoms with Crippen molar-refractivity contribution in [1.82, 2.24) is 9.97 Å². The second-order valence-electron chi connectivity index (χ2n) is 4.06. The lowest BCUT2D eigenvalue weighted by Crippen LogP contribution is -1.91. The number of rotatable bonds is 1. The molecule has 0 unspecified atom stereocenters. The predicted octanol–water partition coefficient (Wildman–Crippen LogP) is 5.27. The van der Waals surface area contributed by atoms with Gasteiger partial charge < -0.3 is 4.98 Å². The van der Waals surface area contributed by atoms with Gasteiger partial charge in [0, 0.05) is 5.56 Å². The van der Waals surface area contributed by atoms with Crippen molar-refractivity contribution in [1.29, 1.82) is 0 Å². The minimum atomic E-state index is 0.478. The molecule has 1 aromatic heterocycles. The van der Waals surface area contributed by atoms with Crippen molar-refractivity contribution >= 4 is 46.5 Å². The molecule has 0 spiro atoms. The van der Waals surface area contributed by atoms with E-state index in [0.717, 1.165) is 22.3 Å². The van der Waals surface area contributed by atoms with Gasteiger partial charge in [0.1, 0.15) is 10.3 Å². The first-order valence-corrected chi connectivity index (χ1v) is 6.76. The fourth-order valence-corrected chi connectivity index (χ4v) is 2.47. The van der Waals surface area contributed by atoms with E-state index in [9.17, 15) is 0 Å². The Hall–Kier alpha value is -1.42. The van der Waals surface area contributed by atoms with Gasteiger partial charge in [0.2, 0.25) is 0 Å². The molecule has 3 aromatic rings. The molecule has 0 fully saturated rings. The van der Waals surface area contributed by atoms with Gasteiger partial charge in [-0.15, -0.1) is 0 Å². The number of hydrogen-bond acceptors (Lipinski definition) is 2. The molecule has 5 heteroatoms. The monoisotopic (exact) mass is 306 g/mol. The van der Waals surface area contributed by atoms with Crippen LogP contribution in [0.4, 0.5) is 0 Å². The zero-order valence-corrected chi connectivity index (χ0v) is 12.0. The van der Waals surface area contributed by atoms with Crippen molar-refractivity contribution in [3.8, 4) is 11.3 Å². The van der Waals surface area contributed by atoms with Crippen LogP contribution in [0.5, 0.6) is 0 Å². The molecular weight excluding hydrogens is 299 g/mol. The van der Waals surface area contributed by atoms with Crippen LogP contribution in [0.15, 0.2) is 42.5 Å². The number of H-pyrrole nitrogens is 1. The van der Waals surface area contributed by atoms with Crippen LogP contribution in [0.1, 0.15) is 0 Å². The molecule has 0 bridgehead atoms. The SMILES string of the molecule is S=c1[nH]c2cc(Cl)c(Cl)cc2nc1-c1ccccc1. The summed E-state index contributed by atoms with van der Waals surface area (Å²) in [6.45, 7) is 0. The van der Waals surface area contributed by atoms with Crippen molar-refractivity contribution in [2.75, 3.05) is 0 Å². The molecule has 0 saturated heterocycles. The molecule has 0 saturated carbocycles. The summed E-state index contributed by atoms with van der Waals surface area (Å²) in [5, 5.41) is 0.959. The molecule has 3 rings (SSSR count). The summed E-state index contributed by atoms with van der Waals surface area (Å²) in [5.41, 5.74) is 3.22. The average molecular weight is 307 g/mol. The van der Waals surface area contributed by atoms with Gasteiger partial charge in [-0.3, -0.25) is 0 Å². The maximum atomic E-state index is 6.01. The third-order valence-corrected chi connectivity index (χ3v) is 3.80. The van der Waals surface area contributed by atoms with Crippen molar-refractivity contribution in [2.24, 2.45) is 0 Å². The molecule has 0 atom stereocenters. The largest absolute Gasteiger partial charge is 0.343 e. The van der Waals surface area contributed by atoms with E-state index in [1.165, 1.54) is 0 Å². The first-order valence-electron chi connectivity index (χ1n) is 5.59. The number of benzene rings is 2. The van der Waals surface area contributed by atoms with E-state index < -0.39 is 0 Å². The minimum Gasteiger partial charge on any atom is -0.343 e. The number of nitrogens with one attached hydrogen (secondary N) is 1. The third kappa shape index (κ3) is 2.37. The van der Waals surface area contributed by atoms with Gasteiger partial charge in [-0.05, 0) is 12.1 Å². The summed E-state index contributed by atoms with van der Waals surface area (Å²) in [6.07, 6.45) is 0. The highest BCUT2D eigenvalue weighted by Crippen LogP contribution is 2.28. The standard InChI is InChI=1S/C14H8Cl2N2S/c15-9-6-11-12(7-10(9)16)18-14(19)13(17-11)8-4-2-1-3-5-8/h1-7H,(H,18,19). The maximum Gasteiger partial charge on any atom is 0.130 e. The van der Waals surface area contributed by atoms with E-state index in [0.29, 0.717) is 14.7 Å². The molecule has 2 nitrogen and oxygen atoms in total. The number of halogens is 2. The van der Waals surface area contributed by atoms with E-state index in [1.807, 2.05) is 30.3 Å². The number of aromatic nitrogens is 2. The van der Waals surface area contributed by atoms with E-state index in [4.69, 9.17) is 35.4 Å². The van der Waals surface area contributed by atoms with Gasteiger partial charge in [0.05, 0.1) is 21.1 Å². The van der Waals surface area contributed by atoms with Gasteiger partial charge in [-0.25, -0.2) is 4.98 Å². The van der Waals surface area contributed by atoms with Crippen molar-refractivity contribution in [2.45, 2.75) is 0 Å². The van der Waals surface area contributed by atoms with Crippen LogP contribution in [0.3, 0.4) is 0 Å². The molecule has 1 N–H and O–H groups in total. The second kappa shape index (κ2) is 4.93. The van der Waals surface area contributed by atoms with Gasteiger partial charge in [0.25, 0.3) is 0 Å². The molecular formula is C14H8Cl2N2S. The smallest absolute Gasteiger partial charge is 0.130 e. The molecule has 2 aromatic carbocycles. The lowest BCUT2D eigenvalue weighted by Gasteiger charge is -2.05. The first-order chi connectivity index (χ1) is 9.15. The van der Waals surface area contributed by atoms with E-state index in [-0.39, 0.29) is 0 Å². The summed E-state index contributed by atoms with van der Waals surface area (Å²) >= 11 is 17.3.